The summed E-state index contributed by atoms with van der Waals surface area (Å²) < 4.78 is 0. The van der Waals surface area contributed by atoms with E-state index in [2.05, 4.69) is 20.8 Å². The van der Waals surface area contributed by atoms with E-state index in [1.54, 1.807) is 0 Å². The van der Waals surface area contributed by atoms with Crippen molar-refractivity contribution < 1.29 is 9.59 Å². The Labute approximate surface area is 109 Å². The van der Waals surface area contributed by atoms with Crippen molar-refractivity contribution in [3.63, 3.8) is 0 Å². The molecule has 0 aromatic carbocycles. The number of amides is 2. The average molecular weight is 252 g/mol. The van der Waals surface area contributed by atoms with Gasteiger partial charge in [-0.2, -0.15) is 0 Å². The normalized spacial score (nSPS) is 26.1. The minimum absolute atomic E-state index is 0.148. The van der Waals surface area contributed by atoms with Crippen molar-refractivity contribution in [2.75, 3.05) is 13.1 Å². The summed E-state index contributed by atoms with van der Waals surface area (Å²) in [5, 5.41) is 0. The Hall–Kier alpha value is -1.06. The van der Waals surface area contributed by atoms with Gasteiger partial charge in [-0.3, -0.25) is 9.59 Å². The molecule has 4 heteroatoms. The Morgan fingerprint density at radius 2 is 1.94 bits per heavy atom. The van der Waals surface area contributed by atoms with Crippen molar-refractivity contribution in [3.05, 3.63) is 0 Å². The molecule has 0 aliphatic carbocycles. The molecule has 2 aliphatic rings. The van der Waals surface area contributed by atoms with Crippen LogP contribution in [0.2, 0.25) is 0 Å². The molecular formula is C14H24N2O2. The van der Waals surface area contributed by atoms with E-state index in [9.17, 15) is 9.59 Å². The molecule has 0 aromatic heterocycles. The van der Waals surface area contributed by atoms with E-state index >= 15 is 0 Å². The molecular weight excluding hydrogens is 228 g/mol. The van der Waals surface area contributed by atoms with Crippen molar-refractivity contribution in [1.82, 2.24) is 9.80 Å². The highest BCUT2D eigenvalue weighted by Gasteiger charge is 2.41. The van der Waals surface area contributed by atoms with Gasteiger partial charge in [0.15, 0.2) is 0 Å². The third-order valence-corrected chi connectivity index (χ3v) is 4.52. The summed E-state index contributed by atoms with van der Waals surface area (Å²) in [6.07, 6.45) is 4.32. The fourth-order valence-corrected chi connectivity index (χ4v) is 2.92. The van der Waals surface area contributed by atoms with Gasteiger partial charge < -0.3 is 9.80 Å². The van der Waals surface area contributed by atoms with Crippen LogP contribution in [0.3, 0.4) is 0 Å². The lowest BCUT2D eigenvalue weighted by molar-refractivity contribution is -0.146. The lowest BCUT2D eigenvalue weighted by Gasteiger charge is -2.40. The third kappa shape index (κ3) is 2.25. The number of carbonyl (C=O) groups is 2. The molecule has 0 radical (unpaired) electrons. The molecule has 0 aromatic rings. The van der Waals surface area contributed by atoms with Crippen LogP contribution in [-0.2, 0) is 9.59 Å². The van der Waals surface area contributed by atoms with Gasteiger partial charge in [0.05, 0.1) is 0 Å². The number of nitrogens with zero attached hydrogens (tertiary/aromatic N) is 2. The number of piperidine rings is 1. The Morgan fingerprint density at radius 1 is 1.22 bits per heavy atom. The molecule has 1 atom stereocenters. The molecule has 2 saturated heterocycles. The Kier molecular flexibility index (Phi) is 3.64. The first kappa shape index (κ1) is 13.4. The summed E-state index contributed by atoms with van der Waals surface area (Å²) in [6.45, 7) is 7.61. The van der Waals surface area contributed by atoms with Crippen molar-refractivity contribution in [2.45, 2.75) is 64.5 Å². The monoisotopic (exact) mass is 252 g/mol. The second-order valence-electron chi connectivity index (χ2n) is 6.00. The van der Waals surface area contributed by atoms with Gasteiger partial charge in [0.2, 0.25) is 11.8 Å². The molecule has 2 fully saturated rings. The van der Waals surface area contributed by atoms with Gasteiger partial charge in [0.1, 0.15) is 6.04 Å². The smallest absolute Gasteiger partial charge is 0.245 e. The Bertz CT molecular complexity index is 352. The SMILES string of the molecule is CCC(C)(C)N1CCC(=O)N2CCCCC2C1=O. The largest absolute Gasteiger partial charge is 0.335 e. The first-order valence-corrected chi connectivity index (χ1v) is 7.08. The first-order valence-electron chi connectivity index (χ1n) is 7.08. The van der Waals surface area contributed by atoms with Crippen LogP contribution < -0.4 is 0 Å². The standard InChI is InChI=1S/C14H24N2O2/c1-4-14(2,3)16-10-8-12(17)15-9-6-5-7-11(15)13(16)18/h11H,4-10H2,1-3H3. The maximum atomic E-state index is 12.7. The zero-order chi connectivity index (χ0) is 13.3. The highest BCUT2D eigenvalue weighted by Crippen LogP contribution is 2.28. The van der Waals surface area contributed by atoms with Gasteiger partial charge in [0, 0.05) is 25.0 Å². The molecule has 0 spiro atoms. The summed E-state index contributed by atoms with van der Waals surface area (Å²) in [5.74, 6) is 0.315. The van der Waals surface area contributed by atoms with E-state index in [0.29, 0.717) is 13.0 Å². The van der Waals surface area contributed by atoms with Gasteiger partial charge in [0.25, 0.3) is 0 Å². The zero-order valence-electron chi connectivity index (χ0n) is 11.7. The number of hydrogen-bond acceptors (Lipinski definition) is 2. The fourth-order valence-electron chi connectivity index (χ4n) is 2.92. The van der Waals surface area contributed by atoms with Crippen LogP contribution >= 0.6 is 0 Å². The molecule has 0 bridgehead atoms. The minimum Gasteiger partial charge on any atom is -0.335 e. The quantitative estimate of drug-likeness (QED) is 0.751. The molecule has 102 valence electrons. The first-order chi connectivity index (χ1) is 8.47. The lowest BCUT2D eigenvalue weighted by Crippen LogP contribution is -2.54. The fraction of sp³-hybridized carbons (Fsp3) is 0.857. The van der Waals surface area contributed by atoms with Crippen LogP contribution in [0.4, 0.5) is 0 Å². The number of hydrogen-bond donors (Lipinski definition) is 0. The second-order valence-corrected chi connectivity index (χ2v) is 6.00. The molecule has 18 heavy (non-hydrogen) atoms. The lowest BCUT2D eigenvalue weighted by atomic mass is 9.96. The van der Waals surface area contributed by atoms with Gasteiger partial charge in [-0.25, -0.2) is 0 Å². The van der Waals surface area contributed by atoms with Gasteiger partial charge in [-0.15, -0.1) is 0 Å². The predicted molar refractivity (Wildman–Crippen MR) is 70.1 cm³/mol. The third-order valence-electron chi connectivity index (χ3n) is 4.52. The van der Waals surface area contributed by atoms with Gasteiger partial charge in [-0.05, 0) is 39.5 Å². The summed E-state index contributed by atoms with van der Waals surface area (Å²) in [6, 6.07) is -0.195. The summed E-state index contributed by atoms with van der Waals surface area (Å²) in [5.41, 5.74) is -0.148. The predicted octanol–water partition coefficient (Wildman–Crippen LogP) is 1.79. The van der Waals surface area contributed by atoms with Crippen molar-refractivity contribution in [3.8, 4) is 0 Å². The van der Waals surface area contributed by atoms with E-state index < -0.39 is 0 Å². The van der Waals surface area contributed by atoms with E-state index in [4.69, 9.17) is 0 Å². The van der Waals surface area contributed by atoms with Crippen LogP contribution in [-0.4, -0.2) is 46.3 Å². The molecule has 2 rings (SSSR count). The summed E-state index contributed by atoms with van der Waals surface area (Å²) in [4.78, 5) is 28.5. The maximum Gasteiger partial charge on any atom is 0.245 e. The second kappa shape index (κ2) is 4.90. The number of rotatable bonds is 2. The van der Waals surface area contributed by atoms with Crippen molar-refractivity contribution in [1.29, 1.82) is 0 Å². The van der Waals surface area contributed by atoms with E-state index in [1.165, 1.54) is 0 Å². The summed E-state index contributed by atoms with van der Waals surface area (Å²) >= 11 is 0. The Balaban J connectivity index is 2.26. The molecule has 4 nitrogen and oxygen atoms in total. The highest BCUT2D eigenvalue weighted by atomic mass is 16.2. The molecule has 2 amide bonds. The Morgan fingerprint density at radius 3 is 2.61 bits per heavy atom. The average Bonchev–Trinajstić information content (AvgIpc) is 2.49. The van der Waals surface area contributed by atoms with Gasteiger partial charge in [-0.1, -0.05) is 6.92 Å². The molecule has 2 aliphatic heterocycles. The van der Waals surface area contributed by atoms with Crippen LogP contribution in [0.15, 0.2) is 0 Å². The molecule has 0 saturated carbocycles. The molecule has 2 heterocycles. The van der Waals surface area contributed by atoms with Gasteiger partial charge >= 0.3 is 0 Å². The molecule has 0 N–H and O–H groups in total. The van der Waals surface area contributed by atoms with Crippen LogP contribution in [0.25, 0.3) is 0 Å². The highest BCUT2D eigenvalue weighted by molar-refractivity contribution is 5.90. The van der Waals surface area contributed by atoms with E-state index in [1.807, 2.05) is 9.80 Å². The summed E-state index contributed by atoms with van der Waals surface area (Å²) in [7, 11) is 0. The van der Waals surface area contributed by atoms with E-state index in [0.717, 1.165) is 32.2 Å². The van der Waals surface area contributed by atoms with Crippen molar-refractivity contribution in [2.24, 2.45) is 0 Å². The van der Waals surface area contributed by atoms with Crippen LogP contribution in [0, 0.1) is 0 Å². The maximum absolute atomic E-state index is 12.7. The minimum atomic E-state index is -0.195. The number of carbonyl (C=O) groups excluding carboxylic acids is 2. The topological polar surface area (TPSA) is 40.6 Å². The van der Waals surface area contributed by atoms with Crippen molar-refractivity contribution >= 4 is 11.8 Å². The number of fused-ring (bicyclic) bond motifs is 1. The molecule has 1 unspecified atom stereocenters. The zero-order valence-corrected chi connectivity index (χ0v) is 11.7. The van der Waals surface area contributed by atoms with E-state index in [-0.39, 0.29) is 23.4 Å². The van der Waals surface area contributed by atoms with Crippen LogP contribution in [0.1, 0.15) is 52.9 Å². The van der Waals surface area contributed by atoms with Crippen LogP contribution in [0.5, 0.6) is 0 Å².